The van der Waals surface area contributed by atoms with Crippen LogP contribution in [0.5, 0.6) is 0 Å². The minimum absolute atomic E-state index is 0.760. The lowest BCUT2D eigenvalue weighted by Gasteiger charge is -2.07. The second-order valence-electron chi connectivity index (χ2n) is 3.38. The number of aromatic nitrogens is 2. The number of nitrogens with zero attached hydrogens (tertiary/aromatic N) is 2. The van der Waals surface area contributed by atoms with E-state index in [-0.39, 0.29) is 0 Å². The van der Waals surface area contributed by atoms with Crippen LogP contribution in [0.4, 0.5) is 0 Å². The number of benzene rings is 1. The third-order valence-corrected chi connectivity index (χ3v) is 2.85. The average Bonchev–Trinajstić information content (AvgIpc) is 2.20. The van der Waals surface area contributed by atoms with Crippen LogP contribution >= 0.6 is 15.9 Å². The van der Waals surface area contributed by atoms with Crippen molar-refractivity contribution in [3.63, 3.8) is 0 Å². The van der Waals surface area contributed by atoms with Crippen LogP contribution in [0.25, 0.3) is 10.9 Å². The van der Waals surface area contributed by atoms with Gasteiger partial charge in [0.2, 0.25) is 0 Å². The molecule has 78 valence electrons. The Morgan fingerprint density at radius 2 is 2.13 bits per heavy atom. The monoisotopic (exact) mass is 265 g/mol. The molecule has 0 fully saturated rings. The summed E-state index contributed by atoms with van der Waals surface area (Å²) in [6.07, 6.45) is 0. The van der Waals surface area contributed by atoms with Crippen molar-refractivity contribution in [3.8, 4) is 0 Å². The van der Waals surface area contributed by atoms with Gasteiger partial charge in [-0.15, -0.1) is 0 Å². The Labute approximate surface area is 97.1 Å². The molecule has 0 amide bonds. The van der Waals surface area contributed by atoms with Gasteiger partial charge in [-0.05, 0) is 36.0 Å². The lowest BCUT2D eigenvalue weighted by atomic mass is 10.2. The Hall–Kier alpha value is -1.00. The maximum atomic E-state index is 4.44. The number of nitrogens with one attached hydrogen (secondary N) is 1. The van der Waals surface area contributed by atoms with E-state index in [0.29, 0.717) is 0 Å². The highest BCUT2D eigenvalue weighted by molar-refractivity contribution is 9.10. The van der Waals surface area contributed by atoms with Crippen LogP contribution in [0.3, 0.4) is 0 Å². The molecule has 0 bridgehead atoms. The van der Waals surface area contributed by atoms with Gasteiger partial charge in [0.15, 0.2) is 0 Å². The van der Waals surface area contributed by atoms with Crippen molar-refractivity contribution in [1.29, 1.82) is 0 Å². The summed E-state index contributed by atoms with van der Waals surface area (Å²) in [5.74, 6) is 0.805. The van der Waals surface area contributed by atoms with Gasteiger partial charge >= 0.3 is 0 Å². The molecule has 0 aliphatic heterocycles. The fourth-order valence-electron chi connectivity index (χ4n) is 1.61. The molecule has 1 aromatic heterocycles. The highest BCUT2D eigenvalue weighted by Crippen LogP contribution is 2.23. The number of aryl methyl sites for hydroxylation is 1. The van der Waals surface area contributed by atoms with Gasteiger partial charge in [-0.25, -0.2) is 9.97 Å². The molecule has 2 rings (SSSR count). The molecular weight excluding hydrogens is 254 g/mol. The third-order valence-electron chi connectivity index (χ3n) is 2.21. The van der Waals surface area contributed by atoms with Gasteiger partial charge in [0.25, 0.3) is 0 Å². The van der Waals surface area contributed by atoms with Crippen LogP contribution in [0.15, 0.2) is 22.7 Å². The zero-order chi connectivity index (χ0) is 10.8. The van der Waals surface area contributed by atoms with Gasteiger partial charge in [0.1, 0.15) is 5.82 Å². The zero-order valence-corrected chi connectivity index (χ0v) is 10.3. The first-order valence-electron chi connectivity index (χ1n) is 4.78. The van der Waals surface area contributed by atoms with Gasteiger partial charge in [-0.1, -0.05) is 12.1 Å². The van der Waals surface area contributed by atoms with Gasteiger partial charge in [0.05, 0.1) is 11.2 Å². The second kappa shape index (κ2) is 4.24. The molecule has 0 radical (unpaired) electrons. The molecule has 1 aromatic carbocycles. The molecule has 0 saturated heterocycles. The Bertz CT molecular complexity index is 496. The van der Waals surface area contributed by atoms with Crippen LogP contribution in [-0.2, 0) is 6.54 Å². The van der Waals surface area contributed by atoms with E-state index in [9.17, 15) is 0 Å². The Balaban J connectivity index is 2.74. The lowest BCUT2D eigenvalue weighted by molar-refractivity contribution is 0.789. The van der Waals surface area contributed by atoms with E-state index in [1.165, 1.54) is 0 Å². The molecule has 0 atom stereocenters. The predicted molar refractivity (Wildman–Crippen MR) is 64.7 cm³/mol. The van der Waals surface area contributed by atoms with E-state index in [1.54, 1.807) is 0 Å². The minimum Gasteiger partial charge on any atom is -0.314 e. The van der Waals surface area contributed by atoms with E-state index < -0.39 is 0 Å². The van der Waals surface area contributed by atoms with Gasteiger partial charge in [-0.3, -0.25) is 0 Å². The van der Waals surface area contributed by atoms with Crippen LogP contribution < -0.4 is 5.32 Å². The number of hydrogen-bond acceptors (Lipinski definition) is 3. The zero-order valence-electron chi connectivity index (χ0n) is 8.71. The van der Waals surface area contributed by atoms with Crippen LogP contribution in [-0.4, -0.2) is 17.0 Å². The van der Waals surface area contributed by atoms with Crippen LogP contribution in [0.1, 0.15) is 11.5 Å². The smallest absolute Gasteiger partial charge is 0.126 e. The van der Waals surface area contributed by atoms with Crippen molar-refractivity contribution < 1.29 is 0 Å². The number of para-hydroxylation sites is 1. The Morgan fingerprint density at radius 3 is 2.87 bits per heavy atom. The fourth-order valence-corrected chi connectivity index (χ4v) is 2.06. The Kier molecular flexibility index (Phi) is 2.98. The highest BCUT2D eigenvalue weighted by Gasteiger charge is 2.06. The van der Waals surface area contributed by atoms with Crippen molar-refractivity contribution in [2.24, 2.45) is 0 Å². The average molecular weight is 266 g/mol. The van der Waals surface area contributed by atoms with E-state index in [4.69, 9.17) is 0 Å². The highest BCUT2D eigenvalue weighted by atomic mass is 79.9. The maximum absolute atomic E-state index is 4.44. The molecule has 0 saturated carbocycles. The molecule has 0 unspecified atom stereocenters. The quantitative estimate of drug-likeness (QED) is 0.907. The normalized spacial score (nSPS) is 10.9. The number of fused-ring (bicyclic) bond motifs is 1. The summed E-state index contributed by atoms with van der Waals surface area (Å²) in [6.45, 7) is 2.67. The minimum atomic E-state index is 0.760. The molecule has 0 aliphatic carbocycles. The van der Waals surface area contributed by atoms with E-state index in [0.717, 1.165) is 33.4 Å². The summed E-state index contributed by atoms with van der Waals surface area (Å²) < 4.78 is 1.02. The molecule has 0 spiro atoms. The van der Waals surface area contributed by atoms with E-state index in [2.05, 4.69) is 31.2 Å². The molecule has 3 nitrogen and oxygen atoms in total. The fraction of sp³-hybridized carbons (Fsp3) is 0.273. The second-order valence-corrected chi connectivity index (χ2v) is 4.24. The molecule has 1 heterocycles. The number of hydrogen-bond donors (Lipinski definition) is 1. The third kappa shape index (κ3) is 2.01. The van der Waals surface area contributed by atoms with Crippen LogP contribution in [0.2, 0.25) is 0 Å². The summed E-state index contributed by atoms with van der Waals surface area (Å²) in [6, 6.07) is 6.05. The van der Waals surface area contributed by atoms with Gasteiger partial charge < -0.3 is 5.32 Å². The predicted octanol–water partition coefficient (Wildman–Crippen LogP) is 2.42. The molecular formula is C11H12BrN3. The van der Waals surface area contributed by atoms with Crippen molar-refractivity contribution in [2.45, 2.75) is 13.5 Å². The number of rotatable bonds is 2. The summed E-state index contributed by atoms with van der Waals surface area (Å²) in [4.78, 5) is 8.87. The summed E-state index contributed by atoms with van der Waals surface area (Å²) in [5, 5.41) is 4.22. The largest absolute Gasteiger partial charge is 0.314 e. The van der Waals surface area contributed by atoms with Crippen molar-refractivity contribution in [3.05, 3.63) is 34.2 Å². The first-order valence-corrected chi connectivity index (χ1v) is 5.58. The molecule has 4 heteroatoms. The molecule has 15 heavy (non-hydrogen) atoms. The molecule has 2 aromatic rings. The molecule has 0 aliphatic rings. The van der Waals surface area contributed by atoms with Crippen molar-refractivity contribution in [2.75, 3.05) is 7.05 Å². The van der Waals surface area contributed by atoms with Gasteiger partial charge in [-0.2, -0.15) is 0 Å². The summed E-state index contributed by atoms with van der Waals surface area (Å²) in [7, 11) is 1.92. The number of halogens is 1. The first-order chi connectivity index (χ1) is 7.22. The molecule has 1 N–H and O–H groups in total. The standard InChI is InChI=1S/C11H12BrN3/c1-7-14-10(6-13-2)8-4-3-5-9(12)11(8)15-7/h3-5,13H,6H2,1-2H3. The first kappa shape index (κ1) is 10.5. The van der Waals surface area contributed by atoms with Gasteiger partial charge in [0, 0.05) is 16.4 Å². The van der Waals surface area contributed by atoms with E-state index in [1.807, 2.05) is 32.2 Å². The topological polar surface area (TPSA) is 37.8 Å². The Morgan fingerprint density at radius 1 is 1.33 bits per heavy atom. The van der Waals surface area contributed by atoms with Crippen LogP contribution in [0, 0.1) is 6.92 Å². The lowest BCUT2D eigenvalue weighted by Crippen LogP contribution is -2.09. The maximum Gasteiger partial charge on any atom is 0.126 e. The SMILES string of the molecule is CNCc1nc(C)nc2c(Br)cccc12. The van der Waals surface area contributed by atoms with Crippen molar-refractivity contribution in [1.82, 2.24) is 15.3 Å². The van der Waals surface area contributed by atoms with Crippen molar-refractivity contribution >= 4 is 26.8 Å². The summed E-state index contributed by atoms with van der Waals surface area (Å²) >= 11 is 3.51. The van der Waals surface area contributed by atoms with E-state index >= 15 is 0 Å². The summed E-state index contributed by atoms with van der Waals surface area (Å²) in [5.41, 5.74) is 2.02.